The number of Topliss-reactive ketones (excluding diaryl/α,β-unsaturated/α-hetero) is 1. The lowest BCUT2D eigenvalue weighted by Gasteiger charge is -2.56. The Balaban J connectivity index is 1.61. The number of benzene rings is 1. The summed E-state index contributed by atoms with van der Waals surface area (Å²) in [5.41, 5.74) is -1.71. The number of carbonyl (C=O) groups is 3. The number of hydrogen-bond donors (Lipinski definition) is 0. The third-order valence-corrected chi connectivity index (χ3v) is 10.0. The predicted octanol–water partition coefficient (Wildman–Crippen LogP) is 4.91. The summed E-state index contributed by atoms with van der Waals surface area (Å²) < 4.78 is 10.8. The highest BCUT2D eigenvalue weighted by Gasteiger charge is 2.75. The van der Waals surface area contributed by atoms with E-state index in [2.05, 4.69) is 4.90 Å². The van der Waals surface area contributed by atoms with Gasteiger partial charge in [0.05, 0.1) is 23.7 Å². The Kier molecular flexibility index (Phi) is 6.86. The SMILES string of the molecule is CCOC(=O)C1(C(=O)OCC)C[C@@H]2C[C@@H]3N([C@@H](C)c4ccc([N+](=O)[O-])cc4)[C@@]2(C1)C(=O)CC31CCCCC1. The number of esters is 2. The Morgan fingerprint density at radius 2 is 1.68 bits per heavy atom. The first kappa shape index (κ1) is 26.8. The average molecular weight is 527 g/mol. The number of ether oxygens (including phenoxy) is 2. The van der Waals surface area contributed by atoms with Gasteiger partial charge in [0.2, 0.25) is 0 Å². The van der Waals surface area contributed by atoms with Crippen molar-refractivity contribution in [2.45, 2.75) is 96.2 Å². The second-order valence-electron chi connectivity index (χ2n) is 11.7. The Bertz CT molecular complexity index is 1110. The van der Waals surface area contributed by atoms with E-state index in [9.17, 15) is 24.5 Å². The van der Waals surface area contributed by atoms with Gasteiger partial charge in [0, 0.05) is 30.6 Å². The smallest absolute Gasteiger partial charge is 0.323 e. The van der Waals surface area contributed by atoms with Gasteiger partial charge in [-0.3, -0.25) is 29.4 Å². The molecule has 2 saturated carbocycles. The molecular formula is C29H38N2O7. The largest absolute Gasteiger partial charge is 0.465 e. The first-order valence-corrected chi connectivity index (χ1v) is 14.1. The quantitative estimate of drug-likeness (QED) is 0.213. The fourth-order valence-corrected chi connectivity index (χ4v) is 8.46. The fraction of sp³-hybridized carbons (Fsp3) is 0.690. The van der Waals surface area contributed by atoms with E-state index in [4.69, 9.17) is 9.47 Å². The monoisotopic (exact) mass is 526 g/mol. The molecule has 4 atom stereocenters. The standard InChI is InChI=1S/C29H38N2O7/c1-4-37-25(33)28(26(34)38-5-2)16-21-15-23-27(13-7-6-8-14-27)17-24(32)29(21,18-28)30(23)19(3)20-9-11-22(12-10-20)31(35)36/h9-12,19,21,23H,4-8,13-18H2,1-3H3/t19-,21-,23-,29+/m0/s1. The van der Waals surface area contributed by atoms with E-state index in [-0.39, 0.29) is 60.9 Å². The number of nitrogens with zero attached hydrogens (tertiary/aromatic N) is 2. The van der Waals surface area contributed by atoms with Gasteiger partial charge in [-0.25, -0.2) is 0 Å². The number of fused-ring (bicyclic) bond motifs is 2. The van der Waals surface area contributed by atoms with Gasteiger partial charge in [-0.1, -0.05) is 31.4 Å². The molecular weight excluding hydrogens is 488 g/mol. The van der Waals surface area contributed by atoms with Crippen LogP contribution in [0.3, 0.4) is 0 Å². The van der Waals surface area contributed by atoms with Crippen molar-refractivity contribution in [3.05, 3.63) is 39.9 Å². The van der Waals surface area contributed by atoms with E-state index >= 15 is 0 Å². The van der Waals surface area contributed by atoms with Crippen LogP contribution in [0.1, 0.15) is 90.2 Å². The first-order valence-electron chi connectivity index (χ1n) is 14.1. The van der Waals surface area contributed by atoms with E-state index in [1.807, 2.05) is 6.92 Å². The van der Waals surface area contributed by atoms with Crippen molar-refractivity contribution in [1.29, 1.82) is 0 Å². The zero-order valence-electron chi connectivity index (χ0n) is 22.6. The lowest BCUT2D eigenvalue weighted by Crippen LogP contribution is -2.64. The molecule has 5 rings (SSSR count). The van der Waals surface area contributed by atoms with E-state index in [0.29, 0.717) is 6.42 Å². The molecule has 2 heterocycles. The van der Waals surface area contributed by atoms with Crippen molar-refractivity contribution < 1.29 is 28.8 Å². The average Bonchev–Trinajstić information content (AvgIpc) is 3.39. The van der Waals surface area contributed by atoms with Crippen LogP contribution in [0.4, 0.5) is 5.69 Å². The number of non-ortho nitro benzene ring substituents is 1. The normalized spacial score (nSPS) is 30.0. The lowest BCUT2D eigenvalue weighted by atomic mass is 9.61. The zero-order valence-corrected chi connectivity index (χ0v) is 22.6. The van der Waals surface area contributed by atoms with Gasteiger partial charge in [0.15, 0.2) is 11.2 Å². The van der Waals surface area contributed by atoms with Crippen molar-refractivity contribution in [3.8, 4) is 0 Å². The van der Waals surface area contributed by atoms with E-state index in [1.54, 1.807) is 26.0 Å². The summed E-state index contributed by atoms with van der Waals surface area (Å²) in [6, 6.07) is 6.44. The van der Waals surface area contributed by atoms with Crippen LogP contribution in [0.15, 0.2) is 24.3 Å². The Morgan fingerprint density at radius 3 is 2.24 bits per heavy atom. The molecule has 2 aliphatic heterocycles. The van der Waals surface area contributed by atoms with Crippen LogP contribution in [0, 0.1) is 26.9 Å². The van der Waals surface area contributed by atoms with Gasteiger partial charge >= 0.3 is 11.9 Å². The van der Waals surface area contributed by atoms with Crippen molar-refractivity contribution >= 4 is 23.4 Å². The van der Waals surface area contributed by atoms with Crippen molar-refractivity contribution in [1.82, 2.24) is 4.90 Å². The minimum absolute atomic E-state index is 0.0166. The van der Waals surface area contributed by atoms with Gasteiger partial charge in [-0.15, -0.1) is 0 Å². The summed E-state index contributed by atoms with van der Waals surface area (Å²) in [5, 5.41) is 11.3. The molecule has 1 aromatic carbocycles. The number of carbonyl (C=O) groups excluding carboxylic acids is 3. The molecule has 2 aliphatic carbocycles. The molecule has 9 nitrogen and oxygen atoms in total. The van der Waals surface area contributed by atoms with Crippen LogP contribution in [-0.2, 0) is 23.9 Å². The maximum Gasteiger partial charge on any atom is 0.323 e. The third kappa shape index (κ3) is 3.80. The zero-order chi connectivity index (χ0) is 27.3. The van der Waals surface area contributed by atoms with Crippen molar-refractivity contribution in [2.24, 2.45) is 16.7 Å². The van der Waals surface area contributed by atoms with E-state index in [1.165, 1.54) is 18.6 Å². The van der Waals surface area contributed by atoms with Crippen molar-refractivity contribution in [3.63, 3.8) is 0 Å². The van der Waals surface area contributed by atoms with Gasteiger partial charge in [-0.2, -0.15) is 0 Å². The van der Waals surface area contributed by atoms with E-state index in [0.717, 1.165) is 37.7 Å². The minimum atomic E-state index is -1.51. The van der Waals surface area contributed by atoms with Crippen LogP contribution in [0.25, 0.3) is 0 Å². The molecule has 2 spiro atoms. The molecule has 0 aromatic heterocycles. The highest BCUT2D eigenvalue weighted by molar-refractivity contribution is 6.03. The Labute approximate surface area is 223 Å². The summed E-state index contributed by atoms with van der Waals surface area (Å²) in [6.07, 6.45) is 6.87. The maximum absolute atomic E-state index is 14.4. The lowest BCUT2D eigenvalue weighted by molar-refractivity contribution is -0.384. The topological polar surface area (TPSA) is 116 Å². The molecule has 4 aliphatic rings. The minimum Gasteiger partial charge on any atom is -0.465 e. The molecule has 2 saturated heterocycles. The molecule has 0 amide bonds. The van der Waals surface area contributed by atoms with E-state index < -0.39 is 27.8 Å². The van der Waals surface area contributed by atoms with Gasteiger partial charge in [-0.05, 0) is 69.8 Å². The van der Waals surface area contributed by atoms with Crippen LogP contribution in [0.2, 0.25) is 0 Å². The first-order chi connectivity index (χ1) is 18.1. The molecule has 2 bridgehead atoms. The molecule has 1 aromatic rings. The molecule has 38 heavy (non-hydrogen) atoms. The summed E-state index contributed by atoms with van der Waals surface area (Å²) in [7, 11) is 0. The number of rotatable bonds is 7. The molecule has 4 fully saturated rings. The number of ketones is 1. The maximum atomic E-state index is 14.4. The van der Waals surface area contributed by atoms with Crippen LogP contribution in [-0.4, -0.2) is 52.3 Å². The van der Waals surface area contributed by atoms with Crippen LogP contribution in [0.5, 0.6) is 0 Å². The molecule has 0 N–H and O–H groups in total. The highest BCUT2D eigenvalue weighted by atomic mass is 16.6. The summed E-state index contributed by atoms with van der Waals surface area (Å²) in [5.74, 6) is -1.27. The number of piperidine rings is 1. The number of hydrogen-bond acceptors (Lipinski definition) is 8. The number of nitro benzene ring substituents is 1. The number of nitro groups is 1. The van der Waals surface area contributed by atoms with Gasteiger partial charge in [0.25, 0.3) is 5.69 Å². The summed E-state index contributed by atoms with van der Waals surface area (Å²) in [4.78, 5) is 54.4. The Morgan fingerprint density at radius 1 is 1.08 bits per heavy atom. The fourth-order valence-electron chi connectivity index (χ4n) is 8.46. The third-order valence-electron chi connectivity index (χ3n) is 10.0. The molecule has 206 valence electrons. The molecule has 9 heteroatoms. The van der Waals surface area contributed by atoms with Crippen molar-refractivity contribution in [2.75, 3.05) is 13.2 Å². The summed E-state index contributed by atoms with van der Waals surface area (Å²) in [6.45, 7) is 5.74. The van der Waals surface area contributed by atoms with Crippen LogP contribution >= 0.6 is 0 Å². The summed E-state index contributed by atoms with van der Waals surface area (Å²) >= 11 is 0. The van der Waals surface area contributed by atoms with Crippen LogP contribution < -0.4 is 0 Å². The van der Waals surface area contributed by atoms with Gasteiger partial charge in [0.1, 0.15) is 0 Å². The predicted molar refractivity (Wildman–Crippen MR) is 138 cm³/mol. The Hall–Kier alpha value is -2.81. The second-order valence-corrected chi connectivity index (χ2v) is 11.7. The second kappa shape index (κ2) is 9.74. The van der Waals surface area contributed by atoms with Gasteiger partial charge < -0.3 is 9.47 Å². The highest BCUT2D eigenvalue weighted by Crippen LogP contribution is 2.68. The molecule has 0 radical (unpaired) electrons. The molecule has 0 unspecified atom stereocenters.